The van der Waals surface area contributed by atoms with Gasteiger partial charge in [-0.25, -0.2) is 19.6 Å². The van der Waals surface area contributed by atoms with Gasteiger partial charge in [-0.2, -0.15) is 13.2 Å². The van der Waals surface area contributed by atoms with E-state index in [1.54, 1.807) is 38.2 Å². The largest absolute Gasteiger partial charge is 0.481 e. The number of methoxy groups -OCH3 is 1. The zero-order valence-corrected chi connectivity index (χ0v) is 30.8. The van der Waals surface area contributed by atoms with Crippen molar-refractivity contribution in [1.29, 1.82) is 0 Å². The van der Waals surface area contributed by atoms with E-state index in [1.807, 2.05) is 52.0 Å². The zero-order valence-electron chi connectivity index (χ0n) is 30.8. The molecule has 2 aromatic heterocycles. The molecule has 2 atom stereocenters. The second-order valence-corrected chi connectivity index (χ2v) is 14.4. The van der Waals surface area contributed by atoms with Gasteiger partial charge < -0.3 is 23.8 Å². The Kier molecular flexibility index (Phi) is 10.4. The summed E-state index contributed by atoms with van der Waals surface area (Å²) in [7, 11) is 1.52. The molecule has 2 aliphatic heterocycles. The molecule has 4 heterocycles. The van der Waals surface area contributed by atoms with Crippen LogP contribution in [0.3, 0.4) is 0 Å². The van der Waals surface area contributed by atoms with E-state index in [4.69, 9.17) is 23.9 Å². The molecule has 2 aromatic carbocycles. The van der Waals surface area contributed by atoms with Crippen molar-refractivity contribution in [3.8, 4) is 28.1 Å². The van der Waals surface area contributed by atoms with Crippen LogP contribution in [0.4, 0.5) is 23.8 Å². The van der Waals surface area contributed by atoms with Crippen LogP contribution in [0.5, 0.6) is 5.88 Å². The van der Waals surface area contributed by atoms with Crippen molar-refractivity contribution in [1.82, 2.24) is 14.9 Å². The van der Waals surface area contributed by atoms with Crippen LogP contribution in [0.1, 0.15) is 72.1 Å². The molecular formula is C40H43F3N4O6. The van der Waals surface area contributed by atoms with Gasteiger partial charge in [-0.3, -0.25) is 4.90 Å². The number of carbonyl (C=O) groups excluding carboxylic acids is 2. The van der Waals surface area contributed by atoms with Crippen LogP contribution in [-0.4, -0.2) is 72.0 Å². The van der Waals surface area contributed by atoms with Gasteiger partial charge in [0.25, 0.3) is 0 Å². The van der Waals surface area contributed by atoms with Gasteiger partial charge >= 0.3 is 18.2 Å². The van der Waals surface area contributed by atoms with Crippen molar-refractivity contribution in [2.75, 3.05) is 38.3 Å². The highest BCUT2D eigenvalue weighted by atomic mass is 19.4. The number of halogens is 3. The van der Waals surface area contributed by atoms with Gasteiger partial charge in [0.15, 0.2) is 0 Å². The van der Waals surface area contributed by atoms with Gasteiger partial charge in [-0.1, -0.05) is 17.7 Å². The summed E-state index contributed by atoms with van der Waals surface area (Å²) in [5, 5.41) is 0. The van der Waals surface area contributed by atoms with E-state index in [-0.39, 0.29) is 12.1 Å². The number of esters is 1. The second kappa shape index (κ2) is 14.7. The molecular weight excluding hydrogens is 689 g/mol. The third-order valence-electron chi connectivity index (χ3n) is 9.27. The minimum Gasteiger partial charge on any atom is -0.481 e. The van der Waals surface area contributed by atoms with Crippen molar-refractivity contribution < 1.29 is 41.7 Å². The molecule has 2 saturated heterocycles. The highest BCUT2D eigenvalue weighted by Gasteiger charge is 2.42. The minimum atomic E-state index is -4.55. The first-order valence-electron chi connectivity index (χ1n) is 17.4. The minimum absolute atomic E-state index is 0.00104. The van der Waals surface area contributed by atoms with Gasteiger partial charge in [0.1, 0.15) is 17.5 Å². The monoisotopic (exact) mass is 732 g/mol. The number of pyridine rings is 2. The number of carbonyl (C=O) groups is 2. The summed E-state index contributed by atoms with van der Waals surface area (Å²) in [5.74, 6) is 0.596. The number of rotatable bonds is 8. The van der Waals surface area contributed by atoms with Crippen molar-refractivity contribution in [3.63, 3.8) is 0 Å². The number of hydrogen-bond donors (Lipinski definition) is 0. The fraction of sp³-hybridized carbons (Fsp3) is 0.400. The molecule has 2 fully saturated rings. The second-order valence-electron chi connectivity index (χ2n) is 14.4. The first kappa shape index (κ1) is 37.6. The quantitative estimate of drug-likeness (QED) is 0.166. The van der Waals surface area contributed by atoms with Gasteiger partial charge in [-0.05, 0) is 101 Å². The number of hydrogen-bond acceptors (Lipinski definition) is 9. The van der Waals surface area contributed by atoms with Crippen LogP contribution in [0.2, 0.25) is 0 Å². The third kappa shape index (κ3) is 8.25. The number of nitrogens with zero attached hydrogens (tertiary/aromatic N) is 4. The van der Waals surface area contributed by atoms with Crippen molar-refractivity contribution >= 4 is 17.9 Å². The molecule has 0 spiro atoms. The molecule has 0 bridgehead atoms. The van der Waals surface area contributed by atoms with Gasteiger partial charge in [0.2, 0.25) is 5.88 Å². The van der Waals surface area contributed by atoms with Crippen LogP contribution in [0.15, 0.2) is 60.8 Å². The Morgan fingerprint density at radius 3 is 2.34 bits per heavy atom. The summed E-state index contributed by atoms with van der Waals surface area (Å²) >= 11 is 0. The highest BCUT2D eigenvalue weighted by molar-refractivity contribution is 5.91. The number of cyclic esters (lactones) is 1. The number of aromatic nitrogens is 2. The molecule has 0 unspecified atom stereocenters. The number of ether oxygens (including phenoxy) is 4. The fourth-order valence-corrected chi connectivity index (χ4v) is 6.69. The first-order chi connectivity index (χ1) is 25.0. The molecule has 0 aliphatic carbocycles. The first-order valence-corrected chi connectivity index (χ1v) is 17.4. The maximum Gasteiger partial charge on any atom is 0.416 e. The van der Waals surface area contributed by atoms with Gasteiger partial charge in [-0.15, -0.1) is 0 Å². The topological polar surface area (TPSA) is 103 Å². The normalized spacial score (nSPS) is 17.9. The lowest BCUT2D eigenvalue weighted by atomic mass is 9.96. The number of benzene rings is 2. The Labute approximate surface area is 306 Å². The van der Waals surface area contributed by atoms with Crippen LogP contribution in [-0.2, 0) is 26.9 Å². The summed E-state index contributed by atoms with van der Waals surface area (Å²) in [5.41, 5.74) is 3.87. The molecule has 1 amide bonds. The molecule has 6 rings (SSSR count). The average molecular weight is 733 g/mol. The predicted octanol–water partition coefficient (Wildman–Crippen LogP) is 8.33. The Hall–Kier alpha value is -5.17. The Bertz CT molecular complexity index is 2020. The maximum absolute atomic E-state index is 13.7. The van der Waals surface area contributed by atoms with E-state index in [2.05, 4.69) is 9.88 Å². The zero-order chi connectivity index (χ0) is 38.2. The number of morpholine rings is 1. The molecule has 10 nitrogen and oxygen atoms in total. The lowest BCUT2D eigenvalue weighted by Crippen LogP contribution is -2.37. The van der Waals surface area contributed by atoms with Crippen molar-refractivity contribution in [2.24, 2.45) is 0 Å². The lowest BCUT2D eigenvalue weighted by molar-refractivity contribution is -0.137. The van der Waals surface area contributed by atoms with Crippen molar-refractivity contribution in [2.45, 2.75) is 72.0 Å². The van der Waals surface area contributed by atoms with E-state index in [9.17, 15) is 22.8 Å². The summed E-state index contributed by atoms with van der Waals surface area (Å²) < 4.78 is 63.7. The van der Waals surface area contributed by atoms with E-state index in [1.165, 1.54) is 12.0 Å². The molecule has 0 radical (unpaired) electrons. The van der Waals surface area contributed by atoms with Gasteiger partial charge in [0.05, 0.1) is 49.7 Å². The molecule has 13 heteroatoms. The SMILES string of the molecule is COc1ncc(-c2ccc(C(=O)OC(C)(C)C)cc2C)cc1-c1ccc(N2CCOCC2)nc1CN1C(=O)O[C@H](c2cc(C)cc(C(F)(F)F)c2)[C@@H]1C. The molecule has 4 aromatic rings. The van der Waals surface area contributed by atoms with E-state index >= 15 is 0 Å². The Morgan fingerprint density at radius 1 is 0.962 bits per heavy atom. The van der Waals surface area contributed by atoms with Crippen molar-refractivity contribution in [3.05, 3.63) is 94.3 Å². The van der Waals surface area contributed by atoms with E-state index in [0.29, 0.717) is 65.9 Å². The van der Waals surface area contributed by atoms with Crippen LogP contribution >= 0.6 is 0 Å². The number of anilines is 1. The smallest absolute Gasteiger partial charge is 0.416 e. The van der Waals surface area contributed by atoms with Crippen LogP contribution < -0.4 is 9.64 Å². The maximum atomic E-state index is 13.7. The Balaban J connectivity index is 1.39. The van der Waals surface area contributed by atoms with E-state index in [0.717, 1.165) is 28.8 Å². The molecule has 53 heavy (non-hydrogen) atoms. The number of aryl methyl sites for hydroxylation is 2. The Morgan fingerprint density at radius 2 is 1.68 bits per heavy atom. The van der Waals surface area contributed by atoms with Crippen LogP contribution in [0, 0.1) is 13.8 Å². The van der Waals surface area contributed by atoms with Crippen LogP contribution in [0.25, 0.3) is 22.3 Å². The predicted molar refractivity (Wildman–Crippen MR) is 193 cm³/mol. The summed E-state index contributed by atoms with van der Waals surface area (Å²) in [6.07, 6.45) is -4.46. The highest BCUT2D eigenvalue weighted by Crippen LogP contribution is 2.40. The lowest BCUT2D eigenvalue weighted by Gasteiger charge is -2.29. The fourth-order valence-electron chi connectivity index (χ4n) is 6.69. The molecule has 0 N–H and O–H groups in total. The molecule has 0 saturated carbocycles. The number of amides is 1. The summed E-state index contributed by atoms with van der Waals surface area (Å²) in [6.45, 7) is 13.0. The average Bonchev–Trinajstić information content (AvgIpc) is 3.39. The van der Waals surface area contributed by atoms with E-state index < -0.39 is 41.5 Å². The number of alkyl halides is 3. The molecule has 2 aliphatic rings. The summed E-state index contributed by atoms with van der Waals surface area (Å²) in [6, 6.07) is 14.2. The van der Waals surface area contributed by atoms with Gasteiger partial charge in [0, 0.05) is 36.0 Å². The summed E-state index contributed by atoms with van der Waals surface area (Å²) in [4.78, 5) is 39.5. The third-order valence-corrected chi connectivity index (χ3v) is 9.27. The standard InChI is InChI=1S/C40H43F3N4O6/c1-23-16-27(19-29(17-23)40(41,42)43)35-25(3)47(38(49)52-35)22-33-31(10-11-34(45-33)46-12-14-51-15-13-46)32-20-28(21-44-36(32)50-7)30-9-8-26(18-24(30)2)37(48)53-39(4,5)6/h8-11,16-21,25,35H,12-15,22H2,1-7H3/t25-,35-/m0/s1. The molecule has 280 valence electrons.